The van der Waals surface area contributed by atoms with E-state index in [-0.39, 0.29) is 19.1 Å². The van der Waals surface area contributed by atoms with Gasteiger partial charge in [-0.2, -0.15) is 0 Å². The Morgan fingerprint density at radius 3 is 2.14 bits per heavy atom. The Morgan fingerprint density at radius 2 is 1.60 bits per heavy atom. The van der Waals surface area contributed by atoms with E-state index in [0.29, 0.717) is 0 Å². The van der Waals surface area contributed by atoms with Crippen LogP contribution < -0.4 is 10.6 Å². The van der Waals surface area contributed by atoms with Crippen molar-refractivity contribution in [3.05, 3.63) is 59.7 Å². The summed E-state index contributed by atoms with van der Waals surface area (Å²) in [5, 5.41) is 14.2. The van der Waals surface area contributed by atoms with Gasteiger partial charge in [0.05, 0.1) is 18.2 Å². The fraction of sp³-hybridized carbons (Fsp3) is 0.370. The molecule has 0 unspecified atom stereocenters. The zero-order chi connectivity index (χ0) is 25.6. The number of ether oxygens (including phenoxy) is 2. The molecule has 2 amide bonds. The molecule has 0 aliphatic heterocycles. The summed E-state index contributed by atoms with van der Waals surface area (Å²) in [6.45, 7) is 6.98. The third-order valence-corrected chi connectivity index (χ3v) is 5.43. The molecule has 0 aromatic heterocycles. The first kappa shape index (κ1) is 25.8. The zero-order valence-electron chi connectivity index (χ0n) is 20.3. The van der Waals surface area contributed by atoms with E-state index in [1.54, 1.807) is 27.7 Å². The van der Waals surface area contributed by atoms with Crippen molar-refractivity contribution < 1.29 is 29.0 Å². The summed E-state index contributed by atoms with van der Waals surface area (Å²) in [6, 6.07) is 14.8. The Kier molecular flexibility index (Phi) is 8.15. The predicted molar refractivity (Wildman–Crippen MR) is 131 cm³/mol. The Bertz CT molecular complexity index is 1110. The number of aliphatic carboxylic acids is 1. The maximum atomic E-state index is 12.2. The van der Waals surface area contributed by atoms with E-state index in [1.165, 1.54) is 0 Å². The van der Waals surface area contributed by atoms with Crippen LogP contribution >= 0.6 is 0 Å². The molecule has 1 aliphatic rings. The van der Waals surface area contributed by atoms with Gasteiger partial charge in [0.1, 0.15) is 6.61 Å². The molecule has 3 N–H and O–H groups in total. The highest BCUT2D eigenvalue weighted by molar-refractivity contribution is 5.96. The van der Waals surface area contributed by atoms with Crippen LogP contribution in [0.4, 0.5) is 4.79 Å². The summed E-state index contributed by atoms with van der Waals surface area (Å²) in [4.78, 5) is 35.7. The van der Waals surface area contributed by atoms with Gasteiger partial charge in [0.2, 0.25) is 0 Å². The molecular formula is C27H30N2O6. The maximum absolute atomic E-state index is 12.2. The number of nitrogens with one attached hydrogen (secondary N) is 2. The molecule has 8 nitrogen and oxygen atoms in total. The summed E-state index contributed by atoms with van der Waals surface area (Å²) >= 11 is 0. The number of carboxylic acids is 1. The van der Waals surface area contributed by atoms with Gasteiger partial charge in [-0.05, 0) is 55.9 Å². The van der Waals surface area contributed by atoms with Crippen molar-refractivity contribution in [3.63, 3.8) is 0 Å². The van der Waals surface area contributed by atoms with Crippen molar-refractivity contribution in [1.29, 1.82) is 0 Å². The fourth-order valence-electron chi connectivity index (χ4n) is 4.07. The first-order valence-corrected chi connectivity index (χ1v) is 11.4. The lowest BCUT2D eigenvalue weighted by molar-refractivity contribution is -0.149. The normalized spacial score (nSPS) is 13.9. The first-order valence-electron chi connectivity index (χ1n) is 11.4. The molecule has 0 heterocycles. The van der Waals surface area contributed by atoms with E-state index >= 15 is 0 Å². The van der Waals surface area contributed by atoms with Crippen molar-refractivity contribution in [1.82, 2.24) is 10.6 Å². The molecule has 0 saturated carbocycles. The second kappa shape index (κ2) is 11.1. The van der Waals surface area contributed by atoms with E-state index in [9.17, 15) is 19.5 Å². The van der Waals surface area contributed by atoms with Crippen LogP contribution in [0, 0.1) is 11.8 Å². The van der Waals surface area contributed by atoms with E-state index < -0.39 is 35.7 Å². The smallest absolute Gasteiger partial charge is 0.407 e. The Balaban J connectivity index is 1.49. The number of rotatable bonds is 7. The number of fused-ring (bicyclic) bond motifs is 3. The zero-order valence-corrected chi connectivity index (χ0v) is 20.3. The Morgan fingerprint density at radius 1 is 1.03 bits per heavy atom. The lowest BCUT2D eigenvalue weighted by Crippen LogP contribution is -2.50. The maximum Gasteiger partial charge on any atom is 0.407 e. The third-order valence-electron chi connectivity index (χ3n) is 5.43. The molecular weight excluding hydrogens is 448 g/mol. The van der Waals surface area contributed by atoms with Crippen molar-refractivity contribution in [2.24, 2.45) is 0 Å². The van der Waals surface area contributed by atoms with Crippen LogP contribution in [0.2, 0.25) is 0 Å². The third kappa shape index (κ3) is 6.84. The van der Waals surface area contributed by atoms with Gasteiger partial charge in [0, 0.05) is 5.92 Å². The molecule has 2 aromatic carbocycles. The number of carboxylic acid groups (broad SMARTS) is 1. The highest BCUT2D eigenvalue weighted by Crippen LogP contribution is 2.44. The molecule has 35 heavy (non-hydrogen) atoms. The highest BCUT2D eigenvalue weighted by atomic mass is 16.5. The SMILES string of the molecule is C[C@@H](OC(C)(C)C)[C@H](NC(=O)C#CCNC(=O)OCC1c2ccccc2-c2ccccc21)C(=O)O. The number of benzene rings is 2. The molecule has 0 radical (unpaired) electrons. The lowest BCUT2D eigenvalue weighted by Gasteiger charge is -2.28. The lowest BCUT2D eigenvalue weighted by atomic mass is 9.98. The molecule has 184 valence electrons. The molecule has 0 spiro atoms. The monoisotopic (exact) mass is 478 g/mol. The van der Waals surface area contributed by atoms with Crippen LogP contribution in [0.25, 0.3) is 11.1 Å². The molecule has 8 heteroatoms. The standard InChI is InChI=1S/C27H30N2O6/c1-17(35-27(2,3)4)24(25(31)32)29-23(30)14-9-15-28-26(33)34-16-22-20-12-7-5-10-18(20)19-11-6-8-13-21(19)22/h5-8,10-13,17,22,24H,15-16H2,1-4H3,(H,28,33)(H,29,30)(H,31,32)/t17-,24+/m1/s1. The van der Waals surface area contributed by atoms with Gasteiger partial charge in [-0.25, -0.2) is 9.59 Å². The number of carbonyl (C=O) groups excluding carboxylic acids is 2. The number of carbonyl (C=O) groups is 3. The predicted octanol–water partition coefficient (Wildman–Crippen LogP) is 3.30. The molecule has 0 fully saturated rings. The number of hydrogen-bond acceptors (Lipinski definition) is 5. The summed E-state index contributed by atoms with van der Waals surface area (Å²) in [6.07, 6.45) is -1.42. The van der Waals surface area contributed by atoms with Crippen molar-refractivity contribution in [2.75, 3.05) is 13.2 Å². The minimum absolute atomic E-state index is 0.0599. The molecule has 2 aromatic rings. The number of amides is 2. The topological polar surface area (TPSA) is 114 Å². The van der Waals surface area contributed by atoms with Crippen LogP contribution in [0.3, 0.4) is 0 Å². The fourth-order valence-corrected chi connectivity index (χ4v) is 4.07. The molecule has 2 atom stereocenters. The van der Waals surface area contributed by atoms with Crippen LogP contribution in [0.5, 0.6) is 0 Å². The largest absolute Gasteiger partial charge is 0.480 e. The average molecular weight is 479 g/mol. The van der Waals surface area contributed by atoms with Crippen LogP contribution in [-0.4, -0.2) is 54.0 Å². The molecule has 0 saturated heterocycles. The van der Waals surface area contributed by atoms with Crippen LogP contribution in [-0.2, 0) is 19.1 Å². The second-order valence-electron chi connectivity index (χ2n) is 9.21. The van der Waals surface area contributed by atoms with E-state index in [2.05, 4.69) is 34.6 Å². The summed E-state index contributed by atoms with van der Waals surface area (Å²) < 4.78 is 11.0. The van der Waals surface area contributed by atoms with Gasteiger partial charge in [0.15, 0.2) is 6.04 Å². The van der Waals surface area contributed by atoms with Gasteiger partial charge in [-0.1, -0.05) is 54.5 Å². The molecule has 0 bridgehead atoms. The quantitative estimate of drug-likeness (QED) is 0.526. The highest BCUT2D eigenvalue weighted by Gasteiger charge is 2.30. The number of alkyl carbamates (subject to hydrolysis) is 1. The Labute approximate surface area is 205 Å². The summed E-state index contributed by atoms with van der Waals surface area (Å²) in [5.41, 5.74) is 3.91. The average Bonchev–Trinajstić information content (AvgIpc) is 3.11. The molecule has 1 aliphatic carbocycles. The summed E-state index contributed by atoms with van der Waals surface area (Å²) in [7, 11) is 0. The Hall–Kier alpha value is -3.83. The van der Waals surface area contributed by atoms with Crippen LogP contribution in [0.15, 0.2) is 48.5 Å². The van der Waals surface area contributed by atoms with Gasteiger partial charge < -0.3 is 25.2 Å². The van der Waals surface area contributed by atoms with Gasteiger partial charge >= 0.3 is 12.1 Å². The van der Waals surface area contributed by atoms with Crippen molar-refractivity contribution >= 4 is 18.0 Å². The molecule has 3 rings (SSSR count). The van der Waals surface area contributed by atoms with Crippen molar-refractivity contribution in [2.45, 2.75) is 51.4 Å². The minimum atomic E-state index is -1.26. The minimum Gasteiger partial charge on any atom is -0.480 e. The van der Waals surface area contributed by atoms with Crippen LogP contribution in [0.1, 0.15) is 44.7 Å². The van der Waals surface area contributed by atoms with Gasteiger partial charge in [-0.15, -0.1) is 0 Å². The van der Waals surface area contributed by atoms with E-state index in [0.717, 1.165) is 22.3 Å². The van der Waals surface area contributed by atoms with E-state index in [1.807, 2.05) is 36.4 Å². The second-order valence-corrected chi connectivity index (χ2v) is 9.21. The first-order chi connectivity index (χ1) is 16.6. The van der Waals surface area contributed by atoms with Gasteiger partial charge in [-0.3, -0.25) is 4.79 Å². The summed E-state index contributed by atoms with van der Waals surface area (Å²) in [5.74, 6) is 2.70. The number of hydrogen-bond donors (Lipinski definition) is 3. The van der Waals surface area contributed by atoms with E-state index in [4.69, 9.17) is 9.47 Å². The van der Waals surface area contributed by atoms with Crippen molar-refractivity contribution in [3.8, 4) is 23.0 Å². The van der Waals surface area contributed by atoms with Gasteiger partial charge in [0.25, 0.3) is 5.91 Å².